The molecule has 0 saturated heterocycles. The lowest BCUT2D eigenvalue weighted by atomic mass is 10.2. The second kappa shape index (κ2) is 5.69. The van der Waals surface area contributed by atoms with Gasteiger partial charge in [-0.05, 0) is 31.0 Å². The Balaban J connectivity index is 2.06. The first-order chi connectivity index (χ1) is 9.11. The van der Waals surface area contributed by atoms with Crippen LogP contribution in [-0.2, 0) is 13.0 Å². The van der Waals surface area contributed by atoms with Gasteiger partial charge in [-0.2, -0.15) is 0 Å². The molecule has 100 valence electrons. The van der Waals surface area contributed by atoms with E-state index in [1.807, 2.05) is 18.3 Å². The molecule has 1 amide bonds. The first kappa shape index (κ1) is 13.3. The Morgan fingerprint density at radius 2 is 2.16 bits per heavy atom. The molecule has 0 aromatic carbocycles. The lowest BCUT2D eigenvalue weighted by molar-refractivity contribution is 0.0781. The number of carbonyl (C=O) groups excluding carboxylic acids is 1. The van der Waals surface area contributed by atoms with Crippen LogP contribution in [0, 0.1) is 6.92 Å². The molecule has 19 heavy (non-hydrogen) atoms. The molecule has 0 aliphatic heterocycles. The number of hydrogen-bond acceptors (Lipinski definition) is 3. The summed E-state index contributed by atoms with van der Waals surface area (Å²) < 4.78 is 5.15. The van der Waals surface area contributed by atoms with Gasteiger partial charge < -0.3 is 9.32 Å². The number of amides is 1. The summed E-state index contributed by atoms with van der Waals surface area (Å²) in [4.78, 5) is 18.2. The van der Waals surface area contributed by atoms with Gasteiger partial charge in [0.2, 0.25) is 0 Å². The normalized spacial score (nSPS) is 10.5. The molecule has 0 bridgehead atoms. The van der Waals surface area contributed by atoms with E-state index >= 15 is 0 Å². The number of rotatable bonds is 4. The van der Waals surface area contributed by atoms with E-state index in [-0.39, 0.29) is 5.91 Å². The van der Waals surface area contributed by atoms with Gasteiger partial charge >= 0.3 is 0 Å². The summed E-state index contributed by atoms with van der Waals surface area (Å²) in [7, 11) is 1.77. The third-order valence-electron chi connectivity index (χ3n) is 3.13. The number of hydrogen-bond donors (Lipinski definition) is 0. The highest BCUT2D eigenvalue weighted by molar-refractivity contribution is 5.94. The zero-order chi connectivity index (χ0) is 13.8. The zero-order valence-electron chi connectivity index (χ0n) is 11.5. The molecule has 2 heterocycles. The third kappa shape index (κ3) is 3.02. The minimum atomic E-state index is -0.0485. The Kier molecular flexibility index (Phi) is 4.00. The maximum absolute atomic E-state index is 12.2. The minimum absolute atomic E-state index is 0.0485. The highest BCUT2D eigenvalue weighted by Crippen LogP contribution is 2.13. The van der Waals surface area contributed by atoms with Crippen molar-refractivity contribution in [2.75, 3.05) is 7.05 Å². The monoisotopic (exact) mass is 258 g/mol. The Bertz CT molecular complexity index is 558. The molecule has 0 N–H and O–H groups in total. The average Bonchev–Trinajstić information content (AvgIpc) is 2.85. The summed E-state index contributed by atoms with van der Waals surface area (Å²) in [5.74, 6) is 0.596. The van der Waals surface area contributed by atoms with E-state index in [9.17, 15) is 4.79 Å². The molecule has 0 unspecified atom stereocenters. The van der Waals surface area contributed by atoms with Crippen LogP contribution in [-0.4, -0.2) is 22.8 Å². The summed E-state index contributed by atoms with van der Waals surface area (Å²) >= 11 is 0. The van der Waals surface area contributed by atoms with Gasteiger partial charge in [0.05, 0.1) is 24.1 Å². The van der Waals surface area contributed by atoms with Gasteiger partial charge in [0.15, 0.2) is 0 Å². The second-order valence-electron chi connectivity index (χ2n) is 4.56. The number of aromatic nitrogens is 1. The lowest BCUT2D eigenvalue weighted by Gasteiger charge is -2.16. The molecule has 4 nitrogen and oxygen atoms in total. The number of aryl methyl sites for hydroxylation is 2. The topological polar surface area (TPSA) is 46.3 Å². The van der Waals surface area contributed by atoms with E-state index in [2.05, 4.69) is 11.9 Å². The number of carbonyl (C=O) groups is 1. The van der Waals surface area contributed by atoms with Gasteiger partial charge in [-0.15, -0.1) is 0 Å². The van der Waals surface area contributed by atoms with Crippen LogP contribution in [0.2, 0.25) is 0 Å². The molecular weight excluding hydrogens is 240 g/mol. The molecule has 0 fully saturated rings. The molecule has 2 rings (SSSR count). The highest BCUT2D eigenvalue weighted by Gasteiger charge is 2.16. The van der Waals surface area contributed by atoms with Crippen molar-refractivity contribution >= 4 is 5.91 Å². The second-order valence-corrected chi connectivity index (χ2v) is 4.56. The van der Waals surface area contributed by atoms with Crippen molar-refractivity contribution in [1.82, 2.24) is 9.88 Å². The van der Waals surface area contributed by atoms with Crippen LogP contribution in [0.1, 0.15) is 34.3 Å². The van der Waals surface area contributed by atoms with E-state index in [4.69, 9.17) is 4.42 Å². The molecular formula is C15H18N2O2. The Hall–Kier alpha value is -2.10. The third-order valence-corrected chi connectivity index (χ3v) is 3.13. The maximum Gasteiger partial charge on any atom is 0.257 e. The number of furan rings is 1. The molecule has 0 saturated carbocycles. The fourth-order valence-corrected chi connectivity index (χ4v) is 1.89. The SMILES string of the molecule is CCc1ccc(CN(C)C(=O)c2ccoc2C)nc1. The molecule has 2 aromatic heterocycles. The summed E-state index contributed by atoms with van der Waals surface area (Å²) in [5, 5.41) is 0. The predicted molar refractivity (Wildman–Crippen MR) is 72.9 cm³/mol. The van der Waals surface area contributed by atoms with Crippen molar-refractivity contribution in [2.24, 2.45) is 0 Å². The number of nitrogens with zero attached hydrogens (tertiary/aromatic N) is 2. The van der Waals surface area contributed by atoms with Gasteiger partial charge in [-0.3, -0.25) is 9.78 Å². The van der Waals surface area contributed by atoms with Gasteiger partial charge in [-0.1, -0.05) is 13.0 Å². The fraction of sp³-hybridized carbons (Fsp3) is 0.333. The molecule has 0 spiro atoms. The Morgan fingerprint density at radius 3 is 2.68 bits per heavy atom. The van der Waals surface area contributed by atoms with E-state index in [0.29, 0.717) is 17.9 Å². The first-order valence-corrected chi connectivity index (χ1v) is 6.35. The van der Waals surface area contributed by atoms with Gasteiger partial charge in [0, 0.05) is 13.2 Å². The Morgan fingerprint density at radius 1 is 1.37 bits per heavy atom. The van der Waals surface area contributed by atoms with Crippen LogP contribution >= 0.6 is 0 Å². The van der Waals surface area contributed by atoms with Crippen molar-refractivity contribution in [2.45, 2.75) is 26.8 Å². The lowest BCUT2D eigenvalue weighted by Crippen LogP contribution is -2.26. The van der Waals surface area contributed by atoms with E-state index in [0.717, 1.165) is 12.1 Å². The van der Waals surface area contributed by atoms with Crippen molar-refractivity contribution in [3.63, 3.8) is 0 Å². The molecule has 0 radical (unpaired) electrons. The van der Waals surface area contributed by atoms with Gasteiger partial charge in [0.25, 0.3) is 5.91 Å². The smallest absolute Gasteiger partial charge is 0.257 e. The minimum Gasteiger partial charge on any atom is -0.469 e. The largest absolute Gasteiger partial charge is 0.469 e. The molecule has 4 heteroatoms. The maximum atomic E-state index is 12.2. The van der Waals surface area contributed by atoms with Crippen molar-refractivity contribution in [3.8, 4) is 0 Å². The molecule has 0 aliphatic carbocycles. The Labute approximate surface area is 113 Å². The van der Waals surface area contributed by atoms with Gasteiger partial charge in [0.1, 0.15) is 5.76 Å². The van der Waals surface area contributed by atoms with Crippen LogP contribution in [0.3, 0.4) is 0 Å². The molecule has 2 aromatic rings. The quantitative estimate of drug-likeness (QED) is 0.847. The summed E-state index contributed by atoms with van der Waals surface area (Å²) in [6, 6.07) is 5.70. The van der Waals surface area contributed by atoms with Gasteiger partial charge in [-0.25, -0.2) is 0 Å². The molecule has 0 aliphatic rings. The highest BCUT2D eigenvalue weighted by atomic mass is 16.3. The summed E-state index contributed by atoms with van der Waals surface area (Å²) in [5.41, 5.74) is 2.69. The van der Waals surface area contributed by atoms with Crippen LogP contribution < -0.4 is 0 Å². The van der Waals surface area contributed by atoms with Crippen LogP contribution in [0.25, 0.3) is 0 Å². The van der Waals surface area contributed by atoms with E-state index in [1.54, 1.807) is 24.9 Å². The van der Waals surface area contributed by atoms with Crippen LogP contribution in [0.4, 0.5) is 0 Å². The zero-order valence-corrected chi connectivity index (χ0v) is 11.5. The van der Waals surface area contributed by atoms with E-state index < -0.39 is 0 Å². The molecule has 0 atom stereocenters. The summed E-state index contributed by atoms with van der Waals surface area (Å²) in [6.45, 7) is 4.37. The van der Waals surface area contributed by atoms with E-state index in [1.165, 1.54) is 11.8 Å². The summed E-state index contributed by atoms with van der Waals surface area (Å²) in [6.07, 6.45) is 4.36. The fourth-order valence-electron chi connectivity index (χ4n) is 1.89. The number of pyridine rings is 1. The van der Waals surface area contributed by atoms with Crippen LogP contribution in [0.5, 0.6) is 0 Å². The van der Waals surface area contributed by atoms with Crippen molar-refractivity contribution < 1.29 is 9.21 Å². The standard InChI is InChI=1S/C15H18N2O2/c1-4-12-5-6-13(16-9-12)10-17(3)15(18)14-7-8-19-11(14)2/h5-9H,4,10H2,1-3H3. The average molecular weight is 258 g/mol. The van der Waals surface area contributed by atoms with Crippen molar-refractivity contribution in [1.29, 1.82) is 0 Å². The predicted octanol–water partition coefficient (Wildman–Crippen LogP) is 2.82. The first-order valence-electron chi connectivity index (χ1n) is 6.35. The van der Waals surface area contributed by atoms with Crippen LogP contribution in [0.15, 0.2) is 35.1 Å². The van der Waals surface area contributed by atoms with Crippen molar-refractivity contribution in [3.05, 3.63) is 53.2 Å².